The Labute approximate surface area is 172 Å². The first kappa shape index (κ1) is 20.8. The molecule has 0 aliphatic rings. The topological polar surface area (TPSA) is 50.4 Å². The Kier molecular flexibility index (Phi) is 7.53. The summed E-state index contributed by atoms with van der Waals surface area (Å²) in [7, 11) is 0. The van der Waals surface area contributed by atoms with Gasteiger partial charge >= 0.3 is 6.03 Å². The number of carbonyl (C=O) groups excluding carboxylic acids is 1. The molecule has 0 aromatic heterocycles. The van der Waals surface area contributed by atoms with Gasteiger partial charge in [-0.2, -0.15) is 0 Å². The molecule has 0 unspecified atom stereocenters. The predicted octanol–water partition coefficient (Wildman–Crippen LogP) is 6.10. The highest BCUT2D eigenvalue weighted by Gasteiger charge is 2.15. The van der Waals surface area contributed by atoms with Gasteiger partial charge in [-0.1, -0.05) is 42.8 Å². The van der Waals surface area contributed by atoms with Gasteiger partial charge in [-0.05, 0) is 69.7 Å². The fourth-order valence-corrected chi connectivity index (χ4v) is 3.01. The summed E-state index contributed by atoms with van der Waals surface area (Å²) in [4.78, 5) is 11.8. The van der Waals surface area contributed by atoms with E-state index in [1.165, 1.54) is 5.56 Å². The Balaban J connectivity index is 1.70. The van der Waals surface area contributed by atoms with E-state index >= 15 is 0 Å². The van der Waals surface area contributed by atoms with E-state index in [1.54, 1.807) is 0 Å². The van der Waals surface area contributed by atoms with Gasteiger partial charge in [-0.3, -0.25) is 0 Å². The maximum atomic E-state index is 11.8. The maximum absolute atomic E-state index is 11.8. The number of amides is 2. The lowest BCUT2D eigenvalue weighted by Crippen LogP contribution is -2.30. The van der Waals surface area contributed by atoms with Crippen molar-refractivity contribution in [2.45, 2.75) is 32.6 Å². The van der Waals surface area contributed by atoms with Crippen molar-refractivity contribution in [1.29, 1.82) is 0 Å². The van der Waals surface area contributed by atoms with Crippen LogP contribution in [-0.4, -0.2) is 19.2 Å². The third-order valence-corrected chi connectivity index (χ3v) is 4.91. The summed E-state index contributed by atoms with van der Waals surface area (Å²) in [6, 6.07) is 13.4. The minimum absolute atomic E-state index is 0.104. The summed E-state index contributed by atoms with van der Waals surface area (Å²) in [6.45, 7) is 7.62. The number of hydrogen-bond donors (Lipinski definition) is 2. The lowest BCUT2D eigenvalue weighted by atomic mass is 9.87. The smallest absolute Gasteiger partial charge is 0.319 e. The monoisotopic (exact) mass is 482 g/mol. The quantitative estimate of drug-likeness (QED) is 0.487. The van der Waals surface area contributed by atoms with Crippen molar-refractivity contribution >= 4 is 43.6 Å². The number of ether oxygens (including phenoxy) is 1. The molecule has 4 nitrogen and oxygen atoms in total. The van der Waals surface area contributed by atoms with Crippen molar-refractivity contribution in [3.05, 3.63) is 57.0 Å². The lowest BCUT2D eigenvalue weighted by Gasteiger charge is -2.20. The van der Waals surface area contributed by atoms with Gasteiger partial charge < -0.3 is 15.4 Å². The van der Waals surface area contributed by atoms with Crippen LogP contribution in [-0.2, 0) is 5.41 Å². The van der Waals surface area contributed by atoms with Crippen LogP contribution in [0.4, 0.5) is 10.5 Å². The third-order valence-electron chi connectivity index (χ3n) is 3.76. The van der Waals surface area contributed by atoms with Crippen LogP contribution in [0.15, 0.2) is 51.4 Å². The zero-order valence-corrected chi connectivity index (χ0v) is 18.4. The van der Waals surface area contributed by atoms with Crippen LogP contribution in [0.3, 0.4) is 0 Å². The van der Waals surface area contributed by atoms with Crippen molar-refractivity contribution in [3.63, 3.8) is 0 Å². The molecule has 6 heteroatoms. The van der Waals surface area contributed by atoms with Gasteiger partial charge in [0.25, 0.3) is 0 Å². The van der Waals surface area contributed by atoms with Crippen molar-refractivity contribution < 1.29 is 9.53 Å². The Morgan fingerprint density at radius 1 is 1.08 bits per heavy atom. The molecule has 140 valence electrons. The highest BCUT2D eigenvalue weighted by atomic mass is 79.9. The normalized spacial score (nSPS) is 11.1. The van der Waals surface area contributed by atoms with E-state index in [4.69, 9.17) is 4.74 Å². The molecule has 0 spiro atoms. The Morgan fingerprint density at radius 2 is 1.77 bits per heavy atom. The zero-order valence-electron chi connectivity index (χ0n) is 15.2. The van der Waals surface area contributed by atoms with Gasteiger partial charge in [-0.25, -0.2) is 4.79 Å². The number of anilines is 1. The van der Waals surface area contributed by atoms with E-state index in [0.717, 1.165) is 26.8 Å². The first-order valence-electron chi connectivity index (χ1n) is 8.49. The van der Waals surface area contributed by atoms with E-state index in [1.807, 2.05) is 30.3 Å². The number of rotatable bonds is 6. The van der Waals surface area contributed by atoms with Gasteiger partial charge in [-0.15, -0.1) is 0 Å². The second-order valence-electron chi connectivity index (χ2n) is 6.99. The van der Waals surface area contributed by atoms with E-state index in [-0.39, 0.29) is 11.4 Å². The van der Waals surface area contributed by atoms with E-state index in [2.05, 4.69) is 75.4 Å². The van der Waals surface area contributed by atoms with Crippen LogP contribution in [0.5, 0.6) is 5.75 Å². The van der Waals surface area contributed by atoms with Crippen molar-refractivity contribution in [1.82, 2.24) is 5.32 Å². The third kappa shape index (κ3) is 6.65. The molecule has 0 aliphatic carbocycles. The second kappa shape index (κ2) is 9.42. The highest BCUT2D eigenvalue weighted by Crippen LogP contribution is 2.31. The summed E-state index contributed by atoms with van der Waals surface area (Å²) in [5.41, 5.74) is 2.11. The molecular formula is C20H24Br2N2O2. The van der Waals surface area contributed by atoms with Gasteiger partial charge in [0.1, 0.15) is 5.75 Å². The molecule has 2 aromatic carbocycles. The van der Waals surface area contributed by atoms with Crippen LogP contribution in [0.25, 0.3) is 0 Å². The molecule has 0 saturated carbocycles. The minimum atomic E-state index is -0.219. The standard InChI is InChI=1S/C20H24Br2N2O2/c1-20(2,3)14-5-10-18(17(22)13-14)26-12-4-11-23-19(25)24-16-8-6-15(21)7-9-16/h5-10,13H,4,11-12H2,1-3H3,(H2,23,24,25). The van der Waals surface area contributed by atoms with Crippen LogP contribution < -0.4 is 15.4 Å². The minimum Gasteiger partial charge on any atom is -0.492 e. The van der Waals surface area contributed by atoms with Crippen molar-refractivity contribution in [3.8, 4) is 5.75 Å². The fraction of sp³-hybridized carbons (Fsp3) is 0.350. The molecular weight excluding hydrogens is 460 g/mol. The molecule has 26 heavy (non-hydrogen) atoms. The molecule has 0 atom stereocenters. The molecule has 0 heterocycles. The van der Waals surface area contributed by atoms with Crippen LogP contribution in [0, 0.1) is 0 Å². The average molecular weight is 484 g/mol. The molecule has 0 radical (unpaired) electrons. The summed E-state index contributed by atoms with van der Waals surface area (Å²) < 4.78 is 7.72. The van der Waals surface area contributed by atoms with Crippen molar-refractivity contribution in [2.75, 3.05) is 18.5 Å². The summed E-state index contributed by atoms with van der Waals surface area (Å²) in [5.74, 6) is 0.817. The first-order valence-corrected chi connectivity index (χ1v) is 10.1. The molecule has 2 rings (SSSR count). The molecule has 2 amide bonds. The van der Waals surface area contributed by atoms with Crippen LogP contribution in [0.1, 0.15) is 32.8 Å². The van der Waals surface area contributed by atoms with Gasteiger partial charge in [0, 0.05) is 16.7 Å². The van der Waals surface area contributed by atoms with E-state index < -0.39 is 0 Å². The predicted molar refractivity (Wildman–Crippen MR) is 114 cm³/mol. The summed E-state index contributed by atoms with van der Waals surface area (Å²) in [5, 5.41) is 5.61. The highest BCUT2D eigenvalue weighted by molar-refractivity contribution is 9.10. The Morgan fingerprint density at radius 3 is 2.38 bits per heavy atom. The number of carbonyl (C=O) groups is 1. The Hall–Kier alpha value is -1.53. The molecule has 2 N–H and O–H groups in total. The molecule has 0 saturated heterocycles. The number of halogens is 2. The van der Waals surface area contributed by atoms with Gasteiger partial charge in [0.05, 0.1) is 11.1 Å². The maximum Gasteiger partial charge on any atom is 0.319 e. The largest absolute Gasteiger partial charge is 0.492 e. The number of nitrogens with one attached hydrogen (secondary N) is 2. The molecule has 0 fully saturated rings. The second-order valence-corrected chi connectivity index (χ2v) is 8.76. The fourth-order valence-electron chi connectivity index (χ4n) is 2.25. The van der Waals surface area contributed by atoms with Crippen LogP contribution >= 0.6 is 31.9 Å². The Bertz CT molecular complexity index is 740. The van der Waals surface area contributed by atoms with Crippen molar-refractivity contribution in [2.24, 2.45) is 0 Å². The van der Waals surface area contributed by atoms with E-state index in [0.29, 0.717) is 13.2 Å². The SMILES string of the molecule is CC(C)(C)c1ccc(OCCCNC(=O)Nc2ccc(Br)cc2)c(Br)c1. The first-order chi connectivity index (χ1) is 12.3. The zero-order chi connectivity index (χ0) is 19.2. The van der Waals surface area contributed by atoms with Gasteiger partial charge in [0.15, 0.2) is 0 Å². The molecule has 2 aromatic rings. The molecule has 0 aliphatic heterocycles. The molecule has 0 bridgehead atoms. The number of benzene rings is 2. The summed E-state index contributed by atoms with van der Waals surface area (Å²) in [6.07, 6.45) is 0.723. The number of hydrogen-bond acceptors (Lipinski definition) is 2. The summed E-state index contributed by atoms with van der Waals surface area (Å²) >= 11 is 6.93. The number of urea groups is 1. The van der Waals surface area contributed by atoms with Crippen LogP contribution in [0.2, 0.25) is 0 Å². The van der Waals surface area contributed by atoms with E-state index in [9.17, 15) is 4.79 Å². The lowest BCUT2D eigenvalue weighted by molar-refractivity contribution is 0.250. The average Bonchev–Trinajstić information content (AvgIpc) is 2.57. The van der Waals surface area contributed by atoms with Gasteiger partial charge in [0.2, 0.25) is 0 Å².